The van der Waals surface area contributed by atoms with Crippen molar-refractivity contribution in [1.29, 1.82) is 0 Å². The van der Waals surface area contributed by atoms with Gasteiger partial charge in [0.15, 0.2) is 0 Å². The van der Waals surface area contributed by atoms with Crippen LogP contribution < -0.4 is 20.7 Å². The number of hydrogen-bond acceptors (Lipinski definition) is 5. The Morgan fingerprint density at radius 1 is 1.29 bits per heavy atom. The Hall–Kier alpha value is -2.31. The maximum absolute atomic E-state index is 11.9. The van der Waals surface area contributed by atoms with E-state index >= 15 is 0 Å². The van der Waals surface area contributed by atoms with Crippen molar-refractivity contribution in [2.45, 2.75) is 39.3 Å². The maximum atomic E-state index is 11.9. The lowest BCUT2D eigenvalue weighted by atomic mass is 10.1. The molecule has 1 aromatic heterocycles. The highest BCUT2D eigenvalue weighted by atomic mass is 16.5. The molecule has 0 spiro atoms. The Balaban J connectivity index is 2.52. The molecule has 0 saturated heterocycles. The van der Waals surface area contributed by atoms with Crippen LogP contribution >= 0.6 is 0 Å². The molecule has 1 heterocycles. The van der Waals surface area contributed by atoms with Crippen molar-refractivity contribution in [2.24, 2.45) is 0 Å². The topological polar surface area (TPSA) is 92.4 Å². The van der Waals surface area contributed by atoms with E-state index in [1.165, 1.54) is 7.11 Å². The highest BCUT2D eigenvalue weighted by Crippen LogP contribution is 2.11. The minimum Gasteiger partial charge on any atom is -0.481 e. The second kappa shape index (κ2) is 6.92. The Morgan fingerprint density at radius 3 is 2.43 bits per heavy atom. The first-order valence-corrected chi connectivity index (χ1v) is 6.61. The number of hydrogen-bond donors (Lipinski definition) is 3. The van der Waals surface area contributed by atoms with E-state index in [1.807, 2.05) is 20.8 Å². The Bertz CT molecular complexity index is 494. The van der Waals surface area contributed by atoms with Crippen molar-refractivity contribution < 1.29 is 14.3 Å². The van der Waals surface area contributed by atoms with Gasteiger partial charge in [-0.05, 0) is 33.8 Å². The Morgan fingerprint density at radius 2 is 1.95 bits per heavy atom. The molecule has 0 aliphatic heterocycles. The summed E-state index contributed by atoms with van der Waals surface area (Å²) in [5.74, 6) is 0.0646. The molecule has 1 aromatic rings. The van der Waals surface area contributed by atoms with E-state index in [-0.39, 0.29) is 0 Å². The molecule has 116 valence electrons. The molecule has 0 aliphatic carbocycles. The van der Waals surface area contributed by atoms with Crippen LogP contribution in [0.5, 0.6) is 5.88 Å². The third-order valence-electron chi connectivity index (χ3n) is 2.45. The highest BCUT2D eigenvalue weighted by Gasteiger charge is 2.19. The van der Waals surface area contributed by atoms with E-state index in [0.717, 1.165) is 0 Å². The van der Waals surface area contributed by atoms with Crippen molar-refractivity contribution in [2.75, 3.05) is 12.4 Å². The van der Waals surface area contributed by atoms with E-state index in [1.54, 1.807) is 25.3 Å². The summed E-state index contributed by atoms with van der Waals surface area (Å²) in [6.07, 6.45) is 1.55. The summed E-state index contributed by atoms with van der Waals surface area (Å²) in [5, 5.41) is 7.89. The van der Waals surface area contributed by atoms with Gasteiger partial charge in [0, 0.05) is 11.6 Å². The van der Waals surface area contributed by atoms with Crippen LogP contribution in [0.25, 0.3) is 0 Å². The zero-order valence-corrected chi connectivity index (χ0v) is 13.0. The average molecular weight is 294 g/mol. The lowest BCUT2D eigenvalue weighted by Crippen LogP contribution is -2.51. The summed E-state index contributed by atoms with van der Waals surface area (Å²) in [6.45, 7) is 7.16. The molecule has 0 bridgehead atoms. The predicted octanol–water partition coefficient (Wildman–Crippen LogP) is 1.51. The van der Waals surface area contributed by atoms with Gasteiger partial charge in [0.05, 0.1) is 19.0 Å². The molecule has 1 unspecified atom stereocenters. The molecule has 7 heteroatoms. The van der Waals surface area contributed by atoms with Crippen LogP contribution in [0.3, 0.4) is 0 Å². The summed E-state index contributed by atoms with van der Waals surface area (Å²) in [5.41, 5.74) is 0.260. The third kappa shape index (κ3) is 6.11. The fraction of sp³-hybridized carbons (Fsp3) is 0.500. The molecule has 1 atom stereocenters. The fourth-order valence-corrected chi connectivity index (χ4v) is 1.49. The van der Waals surface area contributed by atoms with Crippen LogP contribution in [0.2, 0.25) is 0 Å². The number of carbonyl (C=O) groups is 2. The van der Waals surface area contributed by atoms with Crippen LogP contribution in [0, 0.1) is 0 Å². The second-order valence-corrected chi connectivity index (χ2v) is 5.65. The van der Waals surface area contributed by atoms with Gasteiger partial charge in [-0.3, -0.25) is 10.1 Å². The lowest BCUT2D eigenvalue weighted by Gasteiger charge is -2.21. The Kier molecular flexibility index (Phi) is 5.52. The van der Waals surface area contributed by atoms with Gasteiger partial charge >= 0.3 is 6.03 Å². The number of nitrogens with zero attached hydrogens (tertiary/aromatic N) is 1. The normalized spacial score (nSPS) is 12.2. The number of methoxy groups -OCH3 is 1. The van der Waals surface area contributed by atoms with E-state index in [9.17, 15) is 9.59 Å². The molecular weight excluding hydrogens is 272 g/mol. The predicted molar refractivity (Wildman–Crippen MR) is 80.3 cm³/mol. The monoisotopic (exact) mass is 294 g/mol. The highest BCUT2D eigenvalue weighted by molar-refractivity contribution is 5.98. The van der Waals surface area contributed by atoms with Gasteiger partial charge in [0.2, 0.25) is 11.8 Å². The van der Waals surface area contributed by atoms with E-state index in [4.69, 9.17) is 4.74 Å². The first-order chi connectivity index (χ1) is 9.71. The summed E-state index contributed by atoms with van der Waals surface area (Å²) in [4.78, 5) is 27.5. The maximum Gasteiger partial charge on any atom is 0.321 e. The van der Waals surface area contributed by atoms with Gasteiger partial charge in [0.1, 0.15) is 6.04 Å². The number of pyridine rings is 1. The summed E-state index contributed by atoms with van der Waals surface area (Å²) < 4.78 is 4.95. The van der Waals surface area contributed by atoms with Crippen LogP contribution in [-0.4, -0.2) is 35.6 Å². The molecule has 0 radical (unpaired) electrons. The number of aromatic nitrogens is 1. The number of amides is 3. The summed E-state index contributed by atoms with van der Waals surface area (Å²) in [6, 6.07) is 2.32. The standard InChI is InChI=1S/C14H22N4O3/c1-9(12(19)17-13(20)18-14(2,3)4)16-10-6-7-11(21-5)15-8-10/h6-9,16H,1-5H3,(H2,17,18,19,20). The zero-order chi connectivity index (χ0) is 16.0. The van der Waals surface area contributed by atoms with Gasteiger partial charge in [-0.2, -0.15) is 0 Å². The van der Waals surface area contributed by atoms with Crippen molar-refractivity contribution in [3.8, 4) is 5.88 Å². The fourth-order valence-electron chi connectivity index (χ4n) is 1.49. The largest absolute Gasteiger partial charge is 0.481 e. The second-order valence-electron chi connectivity index (χ2n) is 5.65. The average Bonchev–Trinajstić information content (AvgIpc) is 2.37. The number of nitrogens with one attached hydrogen (secondary N) is 3. The Labute approximate surface area is 124 Å². The van der Waals surface area contributed by atoms with Crippen LogP contribution in [-0.2, 0) is 4.79 Å². The van der Waals surface area contributed by atoms with Gasteiger partial charge in [-0.1, -0.05) is 0 Å². The van der Waals surface area contributed by atoms with Gasteiger partial charge in [-0.25, -0.2) is 9.78 Å². The number of imide groups is 1. The van der Waals surface area contributed by atoms with Crippen molar-refractivity contribution in [3.05, 3.63) is 18.3 Å². The molecule has 0 aromatic carbocycles. The van der Waals surface area contributed by atoms with Crippen LogP contribution in [0.15, 0.2) is 18.3 Å². The van der Waals surface area contributed by atoms with Crippen molar-refractivity contribution >= 4 is 17.6 Å². The summed E-state index contributed by atoms with van der Waals surface area (Å²) >= 11 is 0. The van der Waals surface area contributed by atoms with E-state index < -0.39 is 23.5 Å². The molecule has 21 heavy (non-hydrogen) atoms. The number of rotatable bonds is 4. The first-order valence-electron chi connectivity index (χ1n) is 6.61. The number of ether oxygens (including phenoxy) is 1. The third-order valence-corrected chi connectivity index (χ3v) is 2.45. The van der Waals surface area contributed by atoms with E-state index in [2.05, 4.69) is 20.9 Å². The molecule has 0 fully saturated rings. The van der Waals surface area contributed by atoms with Gasteiger partial charge in [0.25, 0.3) is 0 Å². The molecular formula is C14H22N4O3. The number of anilines is 1. The molecule has 7 nitrogen and oxygen atoms in total. The quantitative estimate of drug-likeness (QED) is 0.783. The van der Waals surface area contributed by atoms with Gasteiger partial charge in [-0.15, -0.1) is 0 Å². The smallest absolute Gasteiger partial charge is 0.321 e. The van der Waals surface area contributed by atoms with Crippen molar-refractivity contribution in [3.63, 3.8) is 0 Å². The zero-order valence-electron chi connectivity index (χ0n) is 13.0. The summed E-state index contributed by atoms with van der Waals surface area (Å²) in [7, 11) is 1.53. The molecule has 0 aliphatic rings. The van der Waals surface area contributed by atoms with Gasteiger partial charge < -0.3 is 15.4 Å². The number of urea groups is 1. The molecule has 1 rings (SSSR count). The van der Waals surface area contributed by atoms with Crippen molar-refractivity contribution in [1.82, 2.24) is 15.6 Å². The number of carbonyl (C=O) groups excluding carboxylic acids is 2. The molecule has 3 N–H and O–H groups in total. The van der Waals surface area contributed by atoms with Crippen LogP contribution in [0.1, 0.15) is 27.7 Å². The molecule has 3 amide bonds. The van der Waals surface area contributed by atoms with E-state index in [0.29, 0.717) is 11.6 Å². The first kappa shape index (κ1) is 16.7. The molecule has 0 saturated carbocycles. The lowest BCUT2D eigenvalue weighted by molar-refractivity contribution is -0.120. The SMILES string of the molecule is COc1ccc(NC(C)C(=O)NC(=O)NC(C)(C)C)cn1. The van der Waals surface area contributed by atoms with Crippen LogP contribution in [0.4, 0.5) is 10.5 Å². The minimum absolute atomic E-state index is 0.402. The minimum atomic E-state index is -0.578.